The predicted molar refractivity (Wildman–Crippen MR) is 105 cm³/mol. The summed E-state index contributed by atoms with van der Waals surface area (Å²) in [5.41, 5.74) is 4.00. The molecule has 0 saturated heterocycles. The highest BCUT2D eigenvalue weighted by Gasteiger charge is 2.25. The van der Waals surface area contributed by atoms with Gasteiger partial charge in [0.2, 0.25) is 0 Å². The third-order valence-corrected chi connectivity index (χ3v) is 4.90. The highest BCUT2D eigenvalue weighted by atomic mass is 35.5. The van der Waals surface area contributed by atoms with E-state index < -0.39 is 0 Å². The van der Waals surface area contributed by atoms with Crippen LogP contribution in [0.1, 0.15) is 34.2 Å². The number of amides is 1. The van der Waals surface area contributed by atoms with Crippen molar-refractivity contribution in [3.05, 3.63) is 68.9 Å². The first-order chi connectivity index (χ1) is 12.4. The Balaban J connectivity index is 2.07. The molecule has 3 rings (SSSR count). The first-order valence-electron chi connectivity index (χ1n) is 8.24. The van der Waals surface area contributed by atoms with Crippen LogP contribution in [0.5, 0.6) is 0 Å². The van der Waals surface area contributed by atoms with Gasteiger partial charge in [0.15, 0.2) is 0 Å². The van der Waals surface area contributed by atoms with E-state index in [0.717, 1.165) is 23.2 Å². The van der Waals surface area contributed by atoms with Gasteiger partial charge in [0, 0.05) is 11.3 Å². The van der Waals surface area contributed by atoms with Gasteiger partial charge in [-0.05, 0) is 43.5 Å². The zero-order valence-corrected chi connectivity index (χ0v) is 16.2. The van der Waals surface area contributed by atoms with Crippen molar-refractivity contribution in [1.29, 1.82) is 0 Å². The SMILES string of the molecule is CCc1cccc(C)c1NC(=O)c1c(-c2c(Cl)cccc2Cl)noc1C. The number of carbonyl (C=O) groups excluding carboxylic acids is 1. The third-order valence-electron chi connectivity index (χ3n) is 4.27. The van der Waals surface area contributed by atoms with Gasteiger partial charge in [-0.25, -0.2) is 0 Å². The Bertz CT molecular complexity index is 960. The number of benzene rings is 2. The van der Waals surface area contributed by atoms with Crippen molar-refractivity contribution in [2.24, 2.45) is 0 Å². The normalized spacial score (nSPS) is 10.8. The molecular weight excluding hydrogens is 371 g/mol. The van der Waals surface area contributed by atoms with Crippen LogP contribution in [0.2, 0.25) is 10.0 Å². The molecule has 3 aromatic rings. The van der Waals surface area contributed by atoms with Gasteiger partial charge in [-0.1, -0.05) is 59.5 Å². The molecule has 6 heteroatoms. The average molecular weight is 389 g/mol. The van der Waals surface area contributed by atoms with Crippen LogP contribution in [0, 0.1) is 13.8 Å². The summed E-state index contributed by atoms with van der Waals surface area (Å²) in [6.45, 7) is 5.69. The summed E-state index contributed by atoms with van der Waals surface area (Å²) >= 11 is 12.6. The summed E-state index contributed by atoms with van der Waals surface area (Å²) < 4.78 is 5.28. The lowest BCUT2D eigenvalue weighted by molar-refractivity contribution is 0.102. The van der Waals surface area contributed by atoms with E-state index in [1.165, 1.54) is 0 Å². The number of para-hydroxylation sites is 1. The average Bonchev–Trinajstić information content (AvgIpc) is 2.98. The van der Waals surface area contributed by atoms with Gasteiger partial charge in [-0.15, -0.1) is 0 Å². The van der Waals surface area contributed by atoms with Crippen LogP contribution in [0.25, 0.3) is 11.3 Å². The summed E-state index contributed by atoms with van der Waals surface area (Å²) in [7, 11) is 0. The summed E-state index contributed by atoms with van der Waals surface area (Å²) in [6.07, 6.45) is 0.809. The number of aromatic nitrogens is 1. The van der Waals surface area contributed by atoms with Gasteiger partial charge < -0.3 is 9.84 Å². The van der Waals surface area contributed by atoms with E-state index in [0.29, 0.717) is 32.6 Å². The molecule has 0 unspecified atom stereocenters. The Labute approximate surface area is 162 Å². The second kappa shape index (κ2) is 7.52. The second-order valence-electron chi connectivity index (χ2n) is 5.98. The number of aryl methyl sites for hydroxylation is 3. The molecule has 0 aliphatic carbocycles. The maximum Gasteiger partial charge on any atom is 0.261 e. The predicted octanol–water partition coefficient (Wildman–Crippen LogP) is 6.08. The standard InChI is InChI=1S/C20H18Cl2N2O2/c1-4-13-8-5-7-11(2)18(13)23-20(25)16-12(3)26-24-19(16)17-14(21)9-6-10-15(17)22/h5-10H,4H2,1-3H3,(H,23,25). The van der Waals surface area contributed by atoms with Gasteiger partial charge in [-0.2, -0.15) is 0 Å². The van der Waals surface area contributed by atoms with E-state index in [1.807, 2.05) is 32.0 Å². The molecule has 0 spiro atoms. The first kappa shape index (κ1) is 18.5. The van der Waals surface area contributed by atoms with Crippen molar-refractivity contribution in [1.82, 2.24) is 5.16 Å². The first-order valence-corrected chi connectivity index (χ1v) is 9.00. The second-order valence-corrected chi connectivity index (χ2v) is 6.79. The molecule has 1 N–H and O–H groups in total. The maximum atomic E-state index is 13.0. The summed E-state index contributed by atoms with van der Waals surface area (Å²) in [6, 6.07) is 11.1. The zero-order valence-electron chi connectivity index (χ0n) is 14.7. The largest absolute Gasteiger partial charge is 0.360 e. The molecule has 134 valence electrons. The van der Waals surface area contributed by atoms with E-state index in [9.17, 15) is 4.79 Å². The maximum absolute atomic E-state index is 13.0. The van der Waals surface area contributed by atoms with Gasteiger partial charge >= 0.3 is 0 Å². The van der Waals surface area contributed by atoms with E-state index in [1.54, 1.807) is 25.1 Å². The number of halogens is 2. The smallest absolute Gasteiger partial charge is 0.261 e. The van der Waals surface area contributed by atoms with Crippen LogP contribution in [0.4, 0.5) is 5.69 Å². The molecule has 0 aliphatic rings. The summed E-state index contributed by atoms with van der Waals surface area (Å²) in [5.74, 6) is 0.0962. The molecule has 1 heterocycles. The van der Waals surface area contributed by atoms with Gasteiger partial charge in [-0.3, -0.25) is 4.79 Å². The molecule has 0 bridgehead atoms. The third kappa shape index (κ3) is 3.35. The minimum Gasteiger partial charge on any atom is -0.360 e. The summed E-state index contributed by atoms with van der Waals surface area (Å²) in [4.78, 5) is 13.0. The lowest BCUT2D eigenvalue weighted by atomic mass is 10.0. The van der Waals surface area contributed by atoms with E-state index in [4.69, 9.17) is 27.7 Å². The van der Waals surface area contributed by atoms with Crippen molar-refractivity contribution >= 4 is 34.8 Å². The van der Waals surface area contributed by atoms with Crippen LogP contribution in [0.15, 0.2) is 40.9 Å². The van der Waals surface area contributed by atoms with Crippen molar-refractivity contribution in [2.45, 2.75) is 27.2 Å². The number of nitrogens with zero attached hydrogens (tertiary/aromatic N) is 1. The van der Waals surface area contributed by atoms with Gasteiger partial charge in [0.25, 0.3) is 5.91 Å². The van der Waals surface area contributed by atoms with Crippen LogP contribution >= 0.6 is 23.2 Å². The van der Waals surface area contributed by atoms with Gasteiger partial charge in [0.1, 0.15) is 17.0 Å². The fraction of sp³-hybridized carbons (Fsp3) is 0.200. The number of nitrogens with one attached hydrogen (secondary N) is 1. The molecule has 1 amide bonds. The Morgan fingerprint density at radius 1 is 1.12 bits per heavy atom. The minimum absolute atomic E-state index is 0.307. The molecular formula is C20H18Cl2N2O2. The van der Waals surface area contributed by atoms with Crippen LogP contribution in [-0.2, 0) is 6.42 Å². The molecule has 4 nitrogen and oxygen atoms in total. The van der Waals surface area contributed by atoms with E-state index in [-0.39, 0.29) is 5.91 Å². The van der Waals surface area contributed by atoms with Gasteiger partial charge in [0.05, 0.1) is 10.0 Å². The van der Waals surface area contributed by atoms with Crippen molar-refractivity contribution in [2.75, 3.05) is 5.32 Å². The van der Waals surface area contributed by atoms with Crippen LogP contribution < -0.4 is 5.32 Å². The van der Waals surface area contributed by atoms with Crippen molar-refractivity contribution < 1.29 is 9.32 Å². The Morgan fingerprint density at radius 2 is 1.77 bits per heavy atom. The lowest BCUT2D eigenvalue weighted by Crippen LogP contribution is -2.15. The molecule has 0 fully saturated rings. The topological polar surface area (TPSA) is 55.1 Å². The molecule has 26 heavy (non-hydrogen) atoms. The molecule has 0 radical (unpaired) electrons. The summed E-state index contributed by atoms with van der Waals surface area (Å²) in [5, 5.41) is 7.84. The highest BCUT2D eigenvalue weighted by Crippen LogP contribution is 2.37. The highest BCUT2D eigenvalue weighted by molar-refractivity contribution is 6.39. The molecule has 2 aromatic carbocycles. The Morgan fingerprint density at radius 3 is 2.42 bits per heavy atom. The Kier molecular flexibility index (Phi) is 5.35. The van der Waals surface area contributed by atoms with Crippen LogP contribution in [0.3, 0.4) is 0 Å². The minimum atomic E-state index is -0.307. The van der Waals surface area contributed by atoms with Crippen molar-refractivity contribution in [3.8, 4) is 11.3 Å². The monoisotopic (exact) mass is 388 g/mol. The molecule has 0 atom stereocenters. The molecule has 0 saturated carbocycles. The van der Waals surface area contributed by atoms with E-state index >= 15 is 0 Å². The van der Waals surface area contributed by atoms with E-state index in [2.05, 4.69) is 10.5 Å². The van der Waals surface area contributed by atoms with Crippen LogP contribution in [-0.4, -0.2) is 11.1 Å². The molecule has 1 aromatic heterocycles. The fourth-order valence-electron chi connectivity index (χ4n) is 2.91. The number of anilines is 1. The lowest BCUT2D eigenvalue weighted by Gasteiger charge is -2.13. The number of rotatable bonds is 4. The number of hydrogen-bond acceptors (Lipinski definition) is 3. The number of carbonyl (C=O) groups is 1. The Hall–Kier alpha value is -2.30. The number of hydrogen-bond donors (Lipinski definition) is 1. The quantitative estimate of drug-likeness (QED) is 0.588. The fourth-order valence-corrected chi connectivity index (χ4v) is 3.49. The van der Waals surface area contributed by atoms with Crippen molar-refractivity contribution in [3.63, 3.8) is 0 Å². The zero-order chi connectivity index (χ0) is 18.8. The molecule has 0 aliphatic heterocycles.